The van der Waals surface area contributed by atoms with Gasteiger partial charge in [0.1, 0.15) is 12.4 Å². The van der Waals surface area contributed by atoms with Crippen LogP contribution in [0.3, 0.4) is 0 Å². The molecule has 2 aromatic rings. The molecule has 1 fully saturated rings. The highest BCUT2D eigenvalue weighted by Gasteiger charge is 2.25. The van der Waals surface area contributed by atoms with Crippen LogP contribution in [-0.4, -0.2) is 44.0 Å². The summed E-state index contributed by atoms with van der Waals surface area (Å²) in [7, 11) is 3.61. The van der Waals surface area contributed by atoms with E-state index in [0.29, 0.717) is 11.4 Å². The van der Waals surface area contributed by atoms with E-state index in [1.54, 1.807) is 48.9 Å². The highest BCUT2D eigenvalue weighted by Crippen LogP contribution is 2.26. The van der Waals surface area contributed by atoms with Crippen LogP contribution in [0.25, 0.3) is 11.3 Å². The second-order valence-corrected chi connectivity index (χ2v) is 6.53. The normalized spacial score (nSPS) is 14.7. The summed E-state index contributed by atoms with van der Waals surface area (Å²) in [5.41, 5.74) is 2.80. The molecule has 1 amide bonds. The molecule has 0 saturated heterocycles. The van der Waals surface area contributed by atoms with Crippen LogP contribution in [-0.2, 0) is 18.4 Å². The van der Waals surface area contributed by atoms with Crippen LogP contribution in [0, 0.1) is 6.92 Å². The smallest absolute Gasteiger partial charge is 0.410 e. The first-order valence-electron chi connectivity index (χ1n) is 8.55. The maximum Gasteiger partial charge on any atom is 0.410 e. The van der Waals surface area contributed by atoms with E-state index < -0.39 is 0 Å². The van der Waals surface area contributed by atoms with Gasteiger partial charge in [0.15, 0.2) is 0 Å². The number of pyridine rings is 1. The van der Waals surface area contributed by atoms with Gasteiger partial charge in [0.25, 0.3) is 0 Å². The van der Waals surface area contributed by atoms with Crippen molar-refractivity contribution in [2.24, 2.45) is 7.05 Å². The number of nitrogens with zero attached hydrogens (tertiary/aromatic N) is 4. The van der Waals surface area contributed by atoms with Crippen LogP contribution in [0.15, 0.2) is 18.3 Å². The molecule has 1 aliphatic carbocycles. The van der Waals surface area contributed by atoms with Crippen molar-refractivity contribution in [3.05, 3.63) is 29.7 Å². The summed E-state index contributed by atoms with van der Waals surface area (Å²) >= 11 is 0. The fourth-order valence-electron chi connectivity index (χ4n) is 3.22. The summed E-state index contributed by atoms with van der Waals surface area (Å²) in [5.74, 6) is 0.152. The predicted octanol–water partition coefficient (Wildman–Crippen LogP) is 3.01. The second kappa shape index (κ2) is 7.13. The van der Waals surface area contributed by atoms with Crippen molar-refractivity contribution >= 4 is 6.09 Å². The molecule has 0 aliphatic heterocycles. The first-order valence-corrected chi connectivity index (χ1v) is 8.55. The van der Waals surface area contributed by atoms with Crippen molar-refractivity contribution in [2.75, 3.05) is 7.05 Å². The van der Waals surface area contributed by atoms with E-state index in [1.807, 2.05) is 0 Å². The Morgan fingerprint density at radius 3 is 2.80 bits per heavy atom. The standard InChI is InChI=1S/C18H24N4O3/c1-12-17(23)9-8-15(20-12)14-10-19-22(3)16(14)11-25-18(24)21(2)13-6-4-5-7-13/h8-10,13,23H,4-7,11H2,1-3H3. The van der Waals surface area contributed by atoms with Crippen molar-refractivity contribution in [1.29, 1.82) is 0 Å². The number of ether oxygens (including phenoxy) is 1. The fourth-order valence-corrected chi connectivity index (χ4v) is 3.22. The number of rotatable bonds is 4. The van der Waals surface area contributed by atoms with Crippen LogP contribution in [0.4, 0.5) is 4.79 Å². The van der Waals surface area contributed by atoms with Crippen LogP contribution in [0.1, 0.15) is 37.1 Å². The third-order valence-electron chi connectivity index (χ3n) is 4.89. The van der Waals surface area contributed by atoms with Gasteiger partial charge < -0.3 is 14.7 Å². The first kappa shape index (κ1) is 17.3. The molecule has 0 aromatic carbocycles. The predicted molar refractivity (Wildman–Crippen MR) is 93.0 cm³/mol. The van der Waals surface area contributed by atoms with E-state index in [0.717, 1.165) is 24.1 Å². The largest absolute Gasteiger partial charge is 0.506 e. The van der Waals surface area contributed by atoms with Crippen molar-refractivity contribution < 1.29 is 14.6 Å². The van der Waals surface area contributed by atoms with Crippen molar-refractivity contribution in [2.45, 2.75) is 45.3 Å². The maximum absolute atomic E-state index is 12.3. The van der Waals surface area contributed by atoms with E-state index in [-0.39, 0.29) is 24.5 Å². The number of hydrogen-bond donors (Lipinski definition) is 1. The minimum atomic E-state index is -0.311. The Labute approximate surface area is 147 Å². The molecular weight excluding hydrogens is 320 g/mol. The number of amides is 1. The zero-order valence-electron chi connectivity index (χ0n) is 14.9. The summed E-state index contributed by atoms with van der Waals surface area (Å²) in [6, 6.07) is 3.61. The summed E-state index contributed by atoms with van der Waals surface area (Å²) in [6.45, 7) is 1.87. The zero-order chi connectivity index (χ0) is 18.0. The molecule has 25 heavy (non-hydrogen) atoms. The van der Waals surface area contributed by atoms with Crippen LogP contribution in [0.2, 0.25) is 0 Å². The van der Waals surface area contributed by atoms with E-state index in [2.05, 4.69) is 10.1 Å². The minimum absolute atomic E-state index is 0.128. The molecule has 0 unspecified atom stereocenters. The van der Waals surface area contributed by atoms with Gasteiger partial charge in [-0.2, -0.15) is 5.10 Å². The average Bonchev–Trinajstić information content (AvgIpc) is 3.24. The Morgan fingerprint density at radius 1 is 1.40 bits per heavy atom. The van der Waals surface area contributed by atoms with E-state index in [9.17, 15) is 9.90 Å². The molecule has 1 N–H and O–H groups in total. The van der Waals surface area contributed by atoms with Gasteiger partial charge in [-0.15, -0.1) is 0 Å². The molecule has 0 radical (unpaired) electrons. The summed E-state index contributed by atoms with van der Waals surface area (Å²) < 4.78 is 7.19. The van der Waals surface area contributed by atoms with Crippen LogP contribution in [0.5, 0.6) is 5.75 Å². The van der Waals surface area contributed by atoms with Gasteiger partial charge in [0.05, 0.1) is 23.3 Å². The van der Waals surface area contributed by atoms with Gasteiger partial charge in [0, 0.05) is 25.7 Å². The highest BCUT2D eigenvalue weighted by molar-refractivity contribution is 5.68. The molecule has 2 aromatic heterocycles. The summed E-state index contributed by atoms with van der Waals surface area (Å²) in [5, 5.41) is 13.9. The molecule has 1 aliphatic rings. The molecule has 7 heteroatoms. The molecule has 134 valence electrons. The van der Waals surface area contributed by atoms with Gasteiger partial charge in [-0.3, -0.25) is 4.68 Å². The Kier molecular flexibility index (Phi) is 4.92. The Hall–Kier alpha value is -2.57. The lowest BCUT2D eigenvalue weighted by molar-refractivity contribution is 0.0899. The van der Waals surface area contributed by atoms with Gasteiger partial charge in [0.2, 0.25) is 0 Å². The average molecular weight is 344 g/mol. The van der Waals surface area contributed by atoms with E-state index >= 15 is 0 Å². The minimum Gasteiger partial charge on any atom is -0.506 e. The molecule has 7 nitrogen and oxygen atoms in total. The number of aromatic nitrogens is 3. The summed E-state index contributed by atoms with van der Waals surface area (Å²) in [6.07, 6.45) is 5.80. The number of aromatic hydroxyl groups is 1. The summed E-state index contributed by atoms with van der Waals surface area (Å²) in [4.78, 5) is 18.4. The lowest BCUT2D eigenvalue weighted by Crippen LogP contribution is -2.35. The topological polar surface area (TPSA) is 80.5 Å². The van der Waals surface area contributed by atoms with E-state index in [4.69, 9.17) is 4.74 Å². The monoisotopic (exact) mass is 344 g/mol. The van der Waals surface area contributed by atoms with E-state index in [1.165, 1.54) is 12.8 Å². The van der Waals surface area contributed by atoms with Gasteiger partial charge in [-0.05, 0) is 31.9 Å². The molecular formula is C18H24N4O3. The molecule has 0 spiro atoms. The number of hydrogen-bond acceptors (Lipinski definition) is 5. The Morgan fingerprint density at radius 2 is 2.12 bits per heavy atom. The molecule has 0 atom stereocenters. The second-order valence-electron chi connectivity index (χ2n) is 6.53. The number of carbonyl (C=O) groups excluding carboxylic acids is 1. The van der Waals surface area contributed by atoms with Crippen molar-refractivity contribution in [3.8, 4) is 17.0 Å². The number of carbonyl (C=O) groups is 1. The first-order chi connectivity index (χ1) is 12.0. The lowest BCUT2D eigenvalue weighted by Gasteiger charge is -2.23. The zero-order valence-corrected chi connectivity index (χ0v) is 14.9. The van der Waals surface area contributed by atoms with Crippen molar-refractivity contribution in [1.82, 2.24) is 19.7 Å². The third kappa shape index (κ3) is 3.60. The number of aryl methyl sites for hydroxylation is 2. The highest BCUT2D eigenvalue weighted by atomic mass is 16.6. The van der Waals surface area contributed by atoms with Crippen LogP contribution >= 0.6 is 0 Å². The van der Waals surface area contributed by atoms with Crippen molar-refractivity contribution in [3.63, 3.8) is 0 Å². The molecule has 0 bridgehead atoms. The maximum atomic E-state index is 12.3. The molecule has 1 saturated carbocycles. The Balaban J connectivity index is 1.73. The molecule has 2 heterocycles. The fraction of sp³-hybridized carbons (Fsp3) is 0.500. The SMILES string of the molecule is Cc1nc(-c2cnn(C)c2COC(=O)N(C)C2CCCC2)ccc1O. The quantitative estimate of drug-likeness (QED) is 0.922. The molecule has 3 rings (SSSR count). The van der Waals surface area contributed by atoms with Gasteiger partial charge >= 0.3 is 6.09 Å². The van der Waals surface area contributed by atoms with Gasteiger partial charge in [-0.25, -0.2) is 9.78 Å². The lowest BCUT2D eigenvalue weighted by atomic mass is 10.1. The van der Waals surface area contributed by atoms with Crippen LogP contribution < -0.4 is 0 Å². The Bertz CT molecular complexity index is 766. The van der Waals surface area contributed by atoms with Gasteiger partial charge in [-0.1, -0.05) is 12.8 Å². The third-order valence-corrected chi connectivity index (χ3v) is 4.89.